The average molecular weight is 195 g/mol. The summed E-state index contributed by atoms with van der Waals surface area (Å²) < 4.78 is 0. The molecule has 0 aromatic heterocycles. The molecular weight excluding hydrogens is 174 g/mol. The molecule has 2 aliphatic carbocycles. The van der Waals surface area contributed by atoms with Crippen molar-refractivity contribution in [1.82, 2.24) is 5.32 Å². The lowest BCUT2D eigenvalue weighted by Crippen LogP contribution is -2.45. The van der Waals surface area contributed by atoms with Crippen LogP contribution in [0.2, 0.25) is 0 Å². The molecule has 2 nitrogen and oxygen atoms in total. The van der Waals surface area contributed by atoms with E-state index < -0.39 is 0 Å². The molecule has 0 aromatic carbocycles. The Bertz CT molecular complexity index is 210. The number of hydrogen-bond donors (Lipinski definition) is 1. The van der Waals surface area contributed by atoms with Crippen LogP contribution >= 0.6 is 0 Å². The first-order valence-electron chi connectivity index (χ1n) is 6.08. The number of carbonyl (C=O) groups excluding carboxylic acids is 1. The summed E-state index contributed by atoms with van der Waals surface area (Å²) in [5.41, 5.74) is 0. The topological polar surface area (TPSA) is 29.1 Å². The standard InChI is InChI=1S/C12H21NO/c1-9-5-2-3-8-11(9)13-12(14)10-6-4-7-10/h9-11H,2-8H2,1H3,(H,13,14)/t9-,11+/m1/s1. The molecule has 0 radical (unpaired) electrons. The molecule has 1 amide bonds. The van der Waals surface area contributed by atoms with E-state index in [4.69, 9.17) is 0 Å². The highest BCUT2D eigenvalue weighted by molar-refractivity contribution is 5.79. The number of hydrogen-bond acceptors (Lipinski definition) is 1. The normalized spacial score (nSPS) is 33.5. The van der Waals surface area contributed by atoms with E-state index in [0.717, 1.165) is 12.8 Å². The summed E-state index contributed by atoms with van der Waals surface area (Å²) in [7, 11) is 0. The van der Waals surface area contributed by atoms with Crippen LogP contribution in [0, 0.1) is 11.8 Å². The zero-order valence-corrected chi connectivity index (χ0v) is 9.09. The number of rotatable bonds is 2. The van der Waals surface area contributed by atoms with Gasteiger partial charge in [0.2, 0.25) is 5.91 Å². The van der Waals surface area contributed by atoms with Crippen molar-refractivity contribution in [3.63, 3.8) is 0 Å². The van der Waals surface area contributed by atoms with Crippen LogP contribution in [0.1, 0.15) is 51.9 Å². The third-order valence-corrected chi connectivity index (χ3v) is 3.92. The molecule has 0 unspecified atom stereocenters. The predicted molar refractivity (Wildman–Crippen MR) is 56.9 cm³/mol. The van der Waals surface area contributed by atoms with Crippen molar-refractivity contribution >= 4 is 5.91 Å². The molecular formula is C12H21NO. The van der Waals surface area contributed by atoms with Crippen molar-refractivity contribution in [2.24, 2.45) is 11.8 Å². The fourth-order valence-corrected chi connectivity index (χ4v) is 2.50. The van der Waals surface area contributed by atoms with Gasteiger partial charge in [-0.25, -0.2) is 0 Å². The first-order valence-corrected chi connectivity index (χ1v) is 6.08. The minimum Gasteiger partial charge on any atom is -0.353 e. The lowest BCUT2D eigenvalue weighted by atomic mass is 9.82. The third-order valence-electron chi connectivity index (χ3n) is 3.92. The minimum absolute atomic E-state index is 0.329. The molecule has 14 heavy (non-hydrogen) atoms. The van der Waals surface area contributed by atoms with Crippen molar-refractivity contribution in [1.29, 1.82) is 0 Å². The van der Waals surface area contributed by atoms with E-state index >= 15 is 0 Å². The summed E-state index contributed by atoms with van der Waals surface area (Å²) in [6.07, 6.45) is 8.60. The summed E-state index contributed by atoms with van der Waals surface area (Å²) in [6, 6.07) is 0.469. The van der Waals surface area contributed by atoms with Crippen molar-refractivity contribution in [2.45, 2.75) is 57.9 Å². The Balaban J connectivity index is 1.79. The maximum Gasteiger partial charge on any atom is 0.223 e. The Morgan fingerprint density at radius 1 is 1.07 bits per heavy atom. The minimum atomic E-state index is 0.329. The molecule has 0 bridgehead atoms. The molecule has 0 heterocycles. The zero-order chi connectivity index (χ0) is 9.97. The van der Waals surface area contributed by atoms with Gasteiger partial charge in [-0.3, -0.25) is 4.79 Å². The fourth-order valence-electron chi connectivity index (χ4n) is 2.50. The van der Waals surface area contributed by atoms with Crippen molar-refractivity contribution < 1.29 is 4.79 Å². The second-order valence-electron chi connectivity index (χ2n) is 5.00. The van der Waals surface area contributed by atoms with E-state index in [1.807, 2.05) is 0 Å². The van der Waals surface area contributed by atoms with E-state index in [1.165, 1.54) is 32.1 Å². The molecule has 0 spiro atoms. The quantitative estimate of drug-likeness (QED) is 0.720. The van der Waals surface area contributed by atoms with Gasteiger partial charge in [-0.05, 0) is 31.6 Å². The van der Waals surface area contributed by atoms with E-state index in [2.05, 4.69) is 12.2 Å². The van der Waals surface area contributed by atoms with E-state index in [9.17, 15) is 4.79 Å². The maximum atomic E-state index is 11.7. The first kappa shape index (κ1) is 10.0. The Morgan fingerprint density at radius 3 is 2.36 bits per heavy atom. The lowest BCUT2D eigenvalue weighted by Gasteiger charge is -2.32. The molecule has 2 saturated carbocycles. The summed E-state index contributed by atoms with van der Waals surface area (Å²) in [5, 5.41) is 3.23. The molecule has 80 valence electrons. The highest BCUT2D eigenvalue weighted by atomic mass is 16.2. The molecule has 2 aliphatic rings. The van der Waals surface area contributed by atoms with E-state index in [1.54, 1.807) is 0 Å². The second-order valence-corrected chi connectivity index (χ2v) is 5.00. The van der Waals surface area contributed by atoms with Crippen LogP contribution in [0.15, 0.2) is 0 Å². The number of carbonyl (C=O) groups is 1. The van der Waals surface area contributed by atoms with Crippen LogP contribution in [0.25, 0.3) is 0 Å². The van der Waals surface area contributed by atoms with Gasteiger partial charge in [-0.15, -0.1) is 0 Å². The largest absolute Gasteiger partial charge is 0.353 e. The summed E-state index contributed by atoms with van der Waals surface area (Å²) >= 11 is 0. The maximum absolute atomic E-state index is 11.7. The van der Waals surface area contributed by atoms with Crippen LogP contribution in [-0.4, -0.2) is 11.9 Å². The van der Waals surface area contributed by atoms with Gasteiger partial charge in [-0.2, -0.15) is 0 Å². The predicted octanol–water partition coefficient (Wildman–Crippen LogP) is 2.48. The molecule has 2 fully saturated rings. The Morgan fingerprint density at radius 2 is 1.79 bits per heavy atom. The van der Waals surface area contributed by atoms with Crippen LogP contribution < -0.4 is 5.32 Å². The van der Waals surface area contributed by atoms with Crippen molar-refractivity contribution in [3.05, 3.63) is 0 Å². The van der Waals surface area contributed by atoms with Gasteiger partial charge in [0.05, 0.1) is 0 Å². The second kappa shape index (κ2) is 4.33. The fraction of sp³-hybridized carbons (Fsp3) is 0.917. The van der Waals surface area contributed by atoms with Crippen molar-refractivity contribution in [3.8, 4) is 0 Å². The van der Waals surface area contributed by atoms with E-state index in [0.29, 0.717) is 23.8 Å². The Kier molecular flexibility index (Phi) is 3.09. The first-order chi connectivity index (χ1) is 6.77. The monoisotopic (exact) mass is 195 g/mol. The number of nitrogens with one attached hydrogen (secondary N) is 1. The van der Waals surface area contributed by atoms with Gasteiger partial charge < -0.3 is 5.32 Å². The van der Waals surface area contributed by atoms with Crippen LogP contribution in [-0.2, 0) is 4.79 Å². The van der Waals surface area contributed by atoms with Crippen molar-refractivity contribution in [2.75, 3.05) is 0 Å². The molecule has 0 aliphatic heterocycles. The molecule has 2 atom stereocenters. The van der Waals surface area contributed by atoms with Gasteiger partial charge in [0.25, 0.3) is 0 Å². The SMILES string of the molecule is C[C@@H]1CCCC[C@@H]1NC(=O)C1CCC1. The van der Waals surface area contributed by atoms with Gasteiger partial charge in [0, 0.05) is 12.0 Å². The average Bonchev–Trinajstić information content (AvgIpc) is 2.05. The molecule has 2 rings (SSSR count). The third kappa shape index (κ3) is 2.10. The van der Waals surface area contributed by atoms with Gasteiger partial charge >= 0.3 is 0 Å². The zero-order valence-electron chi connectivity index (χ0n) is 9.09. The Hall–Kier alpha value is -0.530. The molecule has 0 saturated heterocycles. The highest BCUT2D eigenvalue weighted by Gasteiger charge is 2.29. The van der Waals surface area contributed by atoms with Crippen LogP contribution in [0.5, 0.6) is 0 Å². The summed E-state index contributed by atoms with van der Waals surface area (Å²) in [5.74, 6) is 1.37. The lowest BCUT2D eigenvalue weighted by molar-refractivity contribution is -0.128. The summed E-state index contributed by atoms with van der Waals surface area (Å²) in [4.78, 5) is 11.7. The summed E-state index contributed by atoms with van der Waals surface area (Å²) in [6.45, 7) is 2.27. The molecule has 2 heteroatoms. The number of amides is 1. The Labute approximate surface area is 86.5 Å². The van der Waals surface area contributed by atoms with Gasteiger partial charge in [0.1, 0.15) is 0 Å². The molecule has 0 aromatic rings. The molecule has 1 N–H and O–H groups in total. The van der Waals surface area contributed by atoms with Gasteiger partial charge in [0.15, 0.2) is 0 Å². The van der Waals surface area contributed by atoms with Crippen LogP contribution in [0.3, 0.4) is 0 Å². The van der Waals surface area contributed by atoms with Crippen LogP contribution in [0.4, 0.5) is 0 Å². The van der Waals surface area contributed by atoms with Gasteiger partial charge in [-0.1, -0.05) is 26.2 Å². The smallest absolute Gasteiger partial charge is 0.223 e. The van der Waals surface area contributed by atoms with E-state index in [-0.39, 0.29) is 0 Å². The highest BCUT2D eigenvalue weighted by Crippen LogP contribution is 2.28.